The summed E-state index contributed by atoms with van der Waals surface area (Å²) in [6.45, 7) is 1.65. The zero-order valence-corrected chi connectivity index (χ0v) is 17.0. The van der Waals surface area contributed by atoms with E-state index < -0.39 is 0 Å². The van der Waals surface area contributed by atoms with Gasteiger partial charge in [-0.05, 0) is 42.3 Å². The number of carbonyl (C=O) groups excluding carboxylic acids is 2. The molecular weight excluding hydrogens is 384 g/mol. The highest BCUT2D eigenvalue weighted by Gasteiger charge is 2.15. The molecule has 150 valence electrons. The zero-order chi connectivity index (χ0) is 20.7. The average Bonchev–Trinajstić information content (AvgIpc) is 2.69. The fourth-order valence-corrected chi connectivity index (χ4v) is 2.78. The first-order valence-electron chi connectivity index (χ1n) is 8.50. The summed E-state index contributed by atoms with van der Waals surface area (Å²) in [7, 11) is 4.51. The molecule has 2 rings (SSSR count). The van der Waals surface area contributed by atoms with E-state index in [1.807, 2.05) is 0 Å². The molecular formula is C20H23ClN2O5. The molecule has 0 radical (unpaired) electrons. The molecule has 0 spiro atoms. The first-order chi connectivity index (χ1) is 13.4. The van der Waals surface area contributed by atoms with Gasteiger partial charge in [-0.3, -0.25) is 9.59 Å². The maximum atomic E-state index is 12.2. The minimum Gasteiger partial charge on any atom is -0.493 e. The van der Waals surface area contributed by atoms with Crippen LogP contribution in [0.2, 0.25) is 5.02 Å². The molecule has 0 aliphatic carbocycles. The number of methoxy groups -OCH3 is 3. The number of halogens is 1. The van der Waals surface area contributed by atoms with Crippen molar-refractivity contribution in [1.82, 2.24) is 5.32 Å². The average molecular weight is 407 g/mol. The second-order valence-electron chi connectivity index (χ2n) is 5.95. The highest BCUT2D eigenvalue weighted by molar-refractivity contribution is 6.31. The summed E-state index contributed by atoms with van der Waals surface area (Å²) in [6.07, 6.45) is 0.0557. The second kappa shape index (κ2) is 9.85. The number of ether oxygens (including phenoxy) is 3. The van der Waals surface area contributed by atoms with Crippen LogP contribution in [0.5, 0.6) is 17.2 Å². The molecule has 0 heterocycles. The summed E-state index contributed by atoms with van der Waals surface area (Å²) in [5.74, 6) is 0.707. The van der Waals surface area contributed by atoms with Crippen LogP contribution in [0.1, 0.15) is 11.1 Å². The van der Waals surface area contributed by atoms with Gasteiger partial charge in [0.15, 0.2) is 11.5 Å². The first kappa shape index (κ1) is 21.4. The lowest BCUT2D eigenvalue weighted by atomic mass is 10.1. The van der Waals surface area contributed by atoms with E-state index in [2.05, 4.69) is 10.6 Å². The number of benzene rings is 2. The molecule has 7 nitrogen and oxygen atoms in total. The van der Waals surface area contributed by atoms with Gasteiger partial charge in [0.05, 0.1) is 34.3 Å². The quantitative estimate of drug-likeness (QED) is 0.703. The van der Waals surface area contributed by atoms with E-state index in [0.717, 1.165) is 5.56 Å². The number of hydrogen-bond acceptors (Lipinski definition) is 5. The van der Waals surface area contributed by atoms with E-state index in [1.165, 1.54) is 21.3 Å². The Morgan fingerprint density at radius 3 is 2.21 bits per heavy atom. The molecule has 0 aliphatic rings. The standard InChI is InChI=1S/C20H23ClN2O5/c1-12-14(21)6-5-7-15(12)23-19(25)11-22-18(24)10-13-8-16(26-2)20(28-4)17(9-13)27-3/h5-9H,10-11H2,1-4H3,(H,22,24)(H,23,25). The maximum absolute atomic E-state index is 12.2. The number of anilines is 1. The molecule has 2 amide bonds. The van der Waals surface area contributed by atoms with Gasteiger partial charge in [0.1, 0.15) is 0 Å². The molecule has 0 fully saturated rings. The van der Waals surface area contributed by atoms with Gasteiger partial charge in [-0.2, -0.15) is 0 Å². The summed E-state index contributed by atoms with van der Waals surface area (Å²) in [6, 6.07) is 8.61. The van der Waals surface area contributed by atoms with Gasteiger partial charge in [0.25, 0.3) is 0 Å². The highest BCUT2D eigenvalue weighted by atomic mass is 35.5. The maximum Gasteiger partial charge on any atom is 0.243 e. The predicted molar refractivity (Wildman–Crippen MR) is 108 cm³/mol. The lowest BCUT2D eigenvalue weighted by molar-refractivity contribution is -0.123. The number of nitrogens with one attached hydrogen (secondary N) is 2. The van der Waals surface area contributed by atoms with Crippen molar-refractivity contribution in [3.63, 3.8) is 0 Å². The molecule has 0 saturated carbocycles. The normalized spacial score (nSPS) is 10.2. The minimum absolute atomic E-state index is 0.0557. The number of carbonyl (C=O) groups is 2. The molecule has 2 aromatic carbocycles. The molecule has 8 heteroatoms. The van der Waals surface area contributed by atoms with Crippen molar-refractivity contribution < 1.29 is 23.8 Å². The fraction of sp³-hybridized carbons (Fsp3) is 0.300. The summed E-state index contributed by atoms with van der Waals surface area (Å²) in [5.41, 5.74) is 2.04. The Morgan fingerprint density at radius 2 is 1.64 bits per heavy atom. The molecule has 2 N–H and O–H groups in total. The van der Waals surface area contributed by atoms with Crippen LogP contribution in [0.25, 0.3) is 0 Å². The Bertz CT molecular complexity index is 845. The van der Waals surface area contributed by atoms with Crippen LogP contribution in [0.4, 0.5) is 5.69 Å². The van der Waals surface area contributed by atoms with E-state index in [9.17, 15) is 9.59 Å². The molecule has 0 bridgehead atoms. The van der Waals surface area contributed by atoms with Crippen LogP contribution in [-0.4, -0.2) is 39.7 Å². The van der Waals surface area contributed by atoms with Gasteiger partial charge in [-0.25, -0.2) is 0 Å². The van der Waals surface area contributed by atoms with Crippen LogP contribution < -0.4 is 24.8 Å². The lowest BCUT2D eigenvalue weighted by Crippen LogP contribution is -2.33. The second-order valence-corrected chi connectivity index (χ2v) is 6.35. The Kier molecular flexibility index (Phi) is 7.52. The molecule has 28 heavy (non-hydrogen) atoms. The third-order valence-corrected chi connectivity index (χ3v) is 4.49. The minimum atomic E-state index is -0.344. The van der Waals surface area contributed by atoms with Crippen LogP contribution in [0.15, 0.2) is 30.3 Å². The SMILES string of the molecule is COc1cc(CC(=O)NCC(=O)Nc2cccc(Cl)c2C)cc(OC)c1OC. The van der Waals surface area contributed by atoms with Crippen LogP contribution in [0.3, 0.4) is 0 Å². The Hall–Kier alpha value is -2.93. The predicted octanol–water partition coefficient (Wildman–Crippen LogP) is 2.97. The van der Waals surface area contributed by atoms with Crippen molar-refractivity contribution in [2.45, 2.75) is 13.3 Å². The van der Waals surface area contributed by atoms with E-state index in [4.69, 9.17) is 25.8 Å². The van der Waals surface area contributed by atoms with Crippen molar-refractivity contribution in [1.29, 1.82) is 0 Å². The van der Waals surface area contributed by atoms with Gasteiger partial charge in [0, 0.05) is 10.7 Å². The number of amides is 2. The smallest absolute Gasteiger partial charge is 0.243 e. The molecule has 0 atom stereocenters. The largest absolute Gasteiger partial charge is 0.493 e. The van der Waals surface area contributed by atoms with Crippen molar-refractivity contribution in [3.8, 4) is 17.2 Å². The van der Waals surface area contributed by atoms with Crippen LogP contribution in [0, 0.1) is 6.92 Å². The summed E-state index contributed by atoms with van der Waals surface area (Å²) >= 11 is 6.04. The van der Waals surface area contributed by atoms with Crippen molar-refractivity contribution in [2.24, 2.45) is 0 Å². The topological polar surface area (TPSA) is 85.9 Å². The summed E-state index contributed by atoms with van der Waals surface area (Å²) < 4.78 is 15.8. The van der Waals surface area contributed by atoms with Gasteiger partial charge in [0.2, 0.25) is 17.6 Å². The number of rotatable bonds is 8. The zero-order valence-electron chi connectivity index (χ0n) is 16.2. The van der Waals surface area contributed by atoms with Gasteiger partial charge < -0.3 is 24.8 Å². The van der Waals surface area contributed by atoms with Crippen LogP contribution in [-0.2, 0) is 16.0 Å². The monoisotopic (exact) mass is 406 g/mol. The van der Waals surface area contributed by atoms with E-state index in [1.54, 1.807) is 37.3 Å². The van der Waals surface area contributed by atoms with Crippen LogP contribution >= 0.6 is 11.6 Å². The third-order valence-electron chi connectivity index (χ3n) is 4.08. The third kappa shape index (κ3) is 5.29. The van der Waals surface area contributed by atoms with E-state index in [-0.39, 0.29) is 24.8 Å². The van der Waals surface area contributed by atoms with Crippen molar-refractivity contribution in [3.05, 3.63) is 46.5 Å². The molecule has 0 saturated heterocycles. The Morgan fingerprint density at radius 1 is 1.00 bits per heavy atom. The molecule has 0 unspecified atom stereocenters. The highest BCUT2D eigenvalue weighted by Crippen LogP contribution is 2.38. The molecule has 0 aromatic heterocycles. The van der Waals surface area contributed by atoms with E-state index >= 15 is 0 Å². The fourth-order valence-electron chi connectivity index (χ4n) is 2.60. The van der Waals surface area contributed by atoms with Crippen molar-refractivity contribution in [2.75, 3.05) is 33.2 Å². The van der Waals surface area contributed by atoms with Gasteiger partial charge in [-0.1, -0.05) is 17.7 Å². The number of hydrogen-bond donors (Lipinski definition) is 2. The lowest BCUT2D eigenvalue weighted by Gasteiger charge is -2.14. The first-order valence-corrected chi connectivity index (χ1v) is 8.88. The van der Waals surface area contributed by atoms with Gasteiger partial charge >= 0.3 is 0 Å². The van der Waals surface area contributed by atoms with E-state index in [0.29, 0.717) is 33.5 Å². The summed E-state index contributed by atoms with van der Waals surface area (Å²) in [4.78, 5) is 24.3. The molecule has 0 aliphatic heterocycles. The Labute approximate surface area is 168 Å². The molecule has 2 aromatic rings. The van der Waals surface area contributed by atoms with Gasteiger partial charge in [-0.15, -0.1) is 0 Å². The Balaban J connectivity index is 1.97. The summed E-state index contributed by atoms with van der Waals surface area (Å²) in [5, 5.41) is 5.88. The van der Waals surface area contributed by atoms with Crippen molar-refractivity contribution >= 4 is 29.1 Å².